The summed E-state index contributed by atoms with van der Waals surface area (Å²) in [6, 6.07) is 5.58. The molecule has 0 aliphatic rings. The minimum Gasteiger partial charge on any atom is -0.504 e. The van der Waals surface area contributed by atoms with Crippen LogP contribution in [-0.2, 0) is 6.42 Å². The van der Waals surface area contributed by atoms with Crippen LogP contribution in [-0.4, -0.2) is 18.3 Å². The maximum absolute atomic E-state index is 9.89. The molecule has 90 valence electrons. The van der Waals surface area contributed by atoms with Crippen LogP contribution in [0, 0.1) is 5.92 Å². The Morgan fingerprint density at radius 3 is 2.62 bits per heavy atom. The van der Waals surface area contributed by atoms with Gasteiger partial charge in [-0.05, 0) is 30.4 Å². The number of benzene rings is 1. The minimum absolute atomic E-state index is 0.0815. The molecule has 1 unspecified atom stereocenters. The maximum Gasteiger partial charge on any atom is 0.160 e. The zero-order valence-corrected chi connectivity index (χ0v) is 10.2. The fourth-order valence-corrected chi connectivity index (χ4v) is 1.87. The summed E-state index contributed by atoms with van der Waals surface area (Å²) >= 11 is 0. The van der Waals surface area contributed by atoms with Crippen LogP contribution in [0.2, 0.25) is 0 Å². The number of ether oxygens (including phenoxy) is 1. The molecule has 3 heteroatoms. The molecule has 0 saturated carbocycles. The van der Waals surface area contributed by atoms with E-state index < -0.39 is 0 Å². The standard InChI is InChI=1S/C13H21NO2/c1-9(2)7-11(14)8-10-5-4-6-12(16-3)13(10)15/h4-6,9,11,15H,7-8,14H2,1-3H3. The van der Waals surface area contributed by atoms with Crippen LogP contribution in [0.15, 0.2) is 18.2 Å². The van der Waals surface area contributed by atoms with E-state index in [1.54, 1.807) is 13.2 Å². The van der Waals surface area contributed by atoms with E-state index in [9.17, 15) is 5.11 Å². The van der Waals surface area contributed by atoms with Crippen molar-refractivity contribution in [3.8, 4) is 11.5 Å². The van der Waals surface area contributed by atoms with Crippen molar-refractivity contribution >= 4 is 0 Å². The van der Waals surface area contributed by atoms with Crippen molar-refractivity contribution in [2.75, 3.05) is 7.11 Å². The van der Waals surface area contributed by atoms with Crippen molar-refractivity contribution in [3.63, 3.8) is 0 Å². The van der Waals surface area contributed by atoms with Gasteiger partial charge >= 0.3 is 0 Å². The van der Waals surface area contributed by atoms with Gasteiger partial charge in [-0.1, -0.05) is 26.0 Å². The minimum atomic E-state index is 0.0815. The SMILES string of the molecule is COc1cccc(CC(N)CC(C)C)c1O. The summed E-state index contributed by atoms with van der Waals surface area (Å²) < 4.78 is 5.06. The largest absolute Gasteiger partial charge is 0.504 e. The molecule has 0 aromatic heterocycles. The molecule has 0 amide bonds. The van der Waals surface area contributed by atoms with Crippen molar-refractivity contribution in [1.82, 2.24) is 0 Å². The van der Waals surface area contributed by atoms with Gasteiger partial charge in [-0.2, -0.15) is 0 Å². The third kappa shape index (κ3) is 3.42. The molecule has 1 aromatic carbocycles. The van der Waals surface area contributed by atoms with Gasteiger partial charge in [0.25, 0.3) is 0 Å². The van der Waals surface area contributed by atoms with Crippen LogP contribution in [0.3, 0.4) is 0 Å². The molecule has 0 radical (unpaired) electrons. The smallest absolute Gasteiger partial charge is 0.160 e. The quantitative estimate of drug-likeness (QED) is 0.805. The van der Waals surface area contributed by atoms with Crippen molar-refractivity contribution in [3.05, 3.63) is 23.8 Å². The molecular weight excluding hydrogens is 202 g/mol. The Bertz CT molecular complexity index is 337. The van der Waals surface area contributed by atoms with Crippen LogP contribution in [0.4, 0.5) is 0 Å². The van der Waals surface area contributed by atoms with Crippen molar-refractivity contribution in [2.24, 2.45) is 11.7 Å². The summed E-state index contributed by atoms with van der Waals surface area (Å²) in [6.07, 6.45) is 1.64. The van der Waals surface area contributed by atoms with E-state index in [2.05, 4.69) is 13.8 Å². The lowest BCUT2D eigenvalue weighted by Gasteiger charge is -2.15. The average Bonchev–Trinajstić information content (AvgIpc) is 2.20. The molecule has 0 spiro atoms. The number of hydrogen-bond acceptors (Lipinski definition) is 3. The molecule has 16 heavy (non-hydrogen) atoms. The molecule has 0 aliphatic heterocycles. The van der Waals surface area contributed by atoms with Crippen molar-refractivity contribution < 1.29 is 9.84 Å². The first-order valence-corrected chi connectivity index (χ1v) is 5.65. The number of phenols is 1. The lowest BCUT2D eigenvalue weighted by Crippen LogP contribution is -2.24. The van der Waals surface area contributed by atoms with Gasteiger partial charge in [-0.15, -0.1) is 0 Å². The third-order valence-corrected chi connectivity index (χ3v) is 2.56. The summed E-state index contributed by atoms with van der Waals surface area (Å²) in [5.74, 6) is 1.29. The molecule has 1 atom stereocenters. The summed E-state index contributed by atoms with van der Waals surface area (Å²) in [5.41, 5.74) is 6.87. The second-order valence-corrected chi connectivity index (χ2v) is 4.56. The van der Waals surface area contributed by atoms with Crippen LogP contribution >= 0.6 is 0 Å². The molecule has 0 aliphatic carbocycles. The Morgan fingerprint density at radius 2 is 2.06 bits per heavy atom. The number of phenolic OH excluding ortho intramolecular Hbond substituents is 1. The maximum atomic E-state index is 9.89. The fraction of sp³-hybridized carbons (Fsp3) is 0.538. The highest BCUT2D eigenvalue weighted by Gasteiger charge is 2.12. The predicted octanol–water partition coefficient (Wildman–Crippen LogP) is 2.32. The molecule has 1 rings (SSSR count). The van der Waals surface area contributed by atoms with Gasteiger partial charge in [-0.3, -0.25) is 0 Å². The van der Waals surface area contributed by atoms with Gasteiger partial charge in [0.1, 0.15) is 0 Å². The van der Waals surface area contributed by atoms with Gasteiger partial charge in [0.15, 0.2) is 11.5 Å². The summed E-state index contributed by atoms with van der Waals surface area (Å²) in [5, 5.41) is 9.89. The van der Waals surface area contributed by atoms with Crippen LogP contribution in [0.1, 0.15) is 25.8 Å². The summed E-state index contributed by atoms with van der Waals surface area (Å²) in [7, 11) is 1.55. The Kier molecular flexibility index (Phi) is 4.62. The van der Waals surface area contributed by atoms with E-state index in [1.807, 2.05) is 12.1 Å². The highest BCUT2D eigenvalue weighted by atomic mass is 16.5. The Labute approximate surface area is 97.2 Å². The molecule has 1 aromatic rings. The second-order valence-electron chi connectivity index (χ2n) is 4.56. The number of hydrogen-bond donors (Lipinski definition) is 2. The number of aromatic hydroxyl groups is 1. The third-order valence-electron chi connectivity index (χ3n) is 2.56. The first-order valence-electron chi connectivity index (χ1n) is 5.65. The summed E-state index contributed by atoms with van der Waals surface area (Å²) in [6.45, 7) is 4.29. The lowest BCUT2D eigenvalue weighted by atomic mass is 9.97. The highest BCUT2D eigenvalue weighted by molar-refractivity contribution is 5.45. The number of para-hydroxylation sites is 1. The van der Waals surface area contributed by atoms with E-state index in [-0.39, 0.29) is 11.8 Å². The molecule has 0 saturated heterocycles. The molecule has 0 heterocycles. The van der Waals surface area contributed by atoms with Crippen LogP contribution in [0.5, 0.6) is 11.5 Å². The zero-order valence-electron chi connectivity index (χ0n) is 10.2. The topological polar surface area (TPSA) is 55.5 Å². The molecule has 3 nitrogen and oxygen atoms in total. The zero-order chi connectivity index (χ0) is 12.1. The predicted molar refractivity (Wildman–Crippen MR) is 65.8 cm³/mol. The highest BCUT2D eigenvalue weighted by Crippen LogP contribution is 2.30. The molecular formula is C13H21NO2. The van der Waals surface area contributed by atoms with Crippen molar-refractivity contribution in [1.29, 1.82) is 0 Å². The Balaban J connectivity index is 2.73. The molecule has 0 fully saturated rings. The van der Waals surface area contributed by atoms with E-state index >= 15 is 0 Å². The number of methoxy groups -OCH3 is 1. The second kappa shape index (κ2) is 5.75. The molecule has 0 bridgehead atoms. The summed E-state index contributed by atoms with van der Waals surface area (Å²) in [4.78, 5) is 0. The van der Waals surface area contributed by atoms with Gasteiger partial charge < -0.3 is 15.6 Å². The average molecular weight is 223 g/mol. The Morgan fingerprint density at radius 1 is 1.38 bits per heavy atom. The lowest BCUT2D eigenvalue weighted by molar-refractivity contribution is 0.368. The van der Waals surface area contributed by atoms with Gasteiger partial charge in [0, 0.05) is 6.04 Å². The van der Waals surface area contributed by atoms with E-state index in [0.29, 0.717) is 18.1 Å². The monoisotopic (exact) mass is 223 g/mol. The van der Waals surface area contributed by atoms with E-state index in [0.717, 1.165) is 12.0 Å². The van der Waals surface area contributed by atoms with Crippen LogP contribution < -0.4 is 10.5 Å². The Hall–Kier alpha value is -1.22. The van der Waals surface area contributed by atoms with Gasteiger partial charge in [-0.25, -0.2) is 0 Å². The normalized spacial score (nSPS) is 12.8. The number of nitrogens with two attached hydrogens (primary N) is 1. The van der Waals surface area contributed by atoms with Crippen molar-refractivity contribution in [2.45, 2.75) is 32.7 Å². The fourth-order valence-electron chi connectivity index (χ4n) is 1.87. The number of rotatable bonds is 5. The van der Waals surface area contributed by atoms with Crippen LogP contribution in [0.25, 0.3) is 0 Å². The first-order chi connectivity index (χ1) is 7.54. The van der Waals surface area contributed by atoms with Gasteiger partial charge in [0.05, 0.1) is 7.11 Å². The van der Waals surface area contributed by atoms with E-state index in [1.165, 1.54) is 0 Å². The molecule has 3 N–H and O–H groups in total. The van der Waals surface area contributed by atoms with E-state index in [4.69, 9.17) is 10.5 Å². The van der Waals surface area contributed by atoms with Gasteiger partial charge in [0.2, 0.25) is 0 Å². The first kappa shape index (κ1) is 12.8.